The zero-order valence-corrected chi connectivity index (χ0v) is 16.0. The van der Waals surface area contributed by atoms with Crippen LogP contribution in [0.5, 0.6) is 0 Å². The van der Waals surface area contributed by atoms with Crippen molar-refractivity contribution in [3.63, 3.8) is 0 Å². The summed E-state index contributed by atoms with van der Waals surface area (Å²) in [5, 5.41) is 0.726. The summed E-state index contributed by atoms with van der Waals surface area (Å²) >= 11 is 1.55. The van der Waals surface area contributed by atoms with Gasteiger partial charge < -0.3 is 4.90 Å². The Morgan fingerprint density at radius 2 is 1.77 bits per heavy atom. The van der Waals surface area contributed by atoms with E-state index in [9.17, 15) is 4.79 Å². The minimum absolute atomic E-state index is 0.144. The van der Waals surface area contributed by atoms with E-state index in [2.05, 4.69) is 41.8 Å². The number of carbonyl (C=O) groups excluding carboxylic acids is 1. The van der Waals surface area contributed by atoms with E-state index in [4.69, 9.17) is 4.98 Å². The molecule has 1 aromatic heterocycles. The summed E-state index contributed by atoms with van der Waals surface area (Å²) in [6, 6.07) is 16.6. The lowest BCUT2D eigenvalue weighted by atomic mass is 10.2. The maximum absolute atomic E-state index is 12.7. The number of hydrogen-bond donors (Lipinski definition) is 0. The Labute approximate surface area is 158 Å². The zero-order chi connectivity index (χ0) is 18.1. The first-order chi connectivity index (χ1) is 12.6. The Balaban J connectivity index is 1.71. The number of nitrogens with zero attached hydrogens (tertiary/aromatic N) is 3. The van der Waals surface area contributed by atoms with E-state index in [0.29, 0.717) is 0 Å². The van der Waals surface area contributed by atoms with Crippen LogP contribution >= 0.6 is 11.8 Å². The van der Waals surface area contributed by atoms with Crippen molar-refractivity contribution in [3.05, 3.63) is 54.1 Å². The van der Waals surface area contributed by atoms with Crippen LogP contribution in [0.4, 0.5) is 0 Å². The van der Waals surface area contributed by atoms with E-state index < -0.39 is 0 Å². The van der Waals surface area contributed by atoms with Gasteiger partial charge in [0, 0.05) is 18.8 Å². The van der Waals surface area contributed by atoms with Gasteiger partial charge in [0.2, 0.25) is 5.91 Å². The van der Waals surface area contributed by atoms with E-state index in [1.165, 1.54) is 5.56 Å². The molecule has 26 heavy (non-hydrogen) atoms. The second kappa shape index (κ2) is 7.16. The largest absolute Gasteiger partial charge is 0.342 e. The number of imidazole rings is 1. The molecule has 1 atom stereocenters. The highest BCUT2D eigenvalue weighted by atomic mass is 32.2. The molecule has 1 saturated heterocycles. The van der Waals surface area contributed by atoms with Crippen LogP contribution in [-0.4, -0.2) is 38.7 Å². The maximum atomic E-state index is 12.7. The first-order valence-electron chi connectivity index (χ1n) is 9.13. The first-order valence-corrected chi connectivity index (χ1v) is 10.0. The van der Waals surface area contributed by atoms with Gasteiger partial charge in [-0.05, 0) is 51.0 Å². The third-order valence-electron chi connectivity index (χ3n) is 4.87. The zero-order valence-electron chi connectivity index (χ0n) is 15.2. The monoisotopic (exact) mass is 365 g/mol. The second-order valence-corrected chi connectivity index (χ2v) is 8.15. The van der Waals surface area contributed by atoms with Crippen molar-refractivity contribution in [2.75, 3.05) is 13.1 Å². The van der Waals surface area contributed by atoms with Gasteiger partial charge in [-0.3, -0.25) is 9.36 Å². The van der Waals surface area contributed by atoms with Crippen LogP contribution in [0.2, 0.25) is 0 Å². The lowest BCUT2D eigenvalue weighted by Crippen LogP contribution is -2.34. The molecule has 0 spiro atoms. The average molecular weight is 366 g/mol. The van der Waals surface area contributed by atoms with Gasteiger partial charge in [0.25, 0.3) is 0 Å². The molecule has 1 amide bonds. The summed E-state index contributed by atoms with van der Waals surface area (Å²) in [6.07, 6.45) is 2.23. The maximum Gasteiger partial charge on any atom is 0.235 e. The molecule has 1 fully saturated rings. The molecule has 0 N–H and O–H groups in total. The van der Waals surface area contributed by atoms with Gasteiger partial charge in [-0.1, -0.05) is 41.6 Å². The summed E-state index contributed by atoms with van der Waals surface area (Å²) in [5.74, 6) is 0.218. The highest BCUT2D eigenvalue weighted by Gasteiger charge is 2.26. The molecule has 0 unspecified atom stereocenters. The van der Waals surface area contributed by atoms with E-state index in [1.54, 1.807) is 11.8 Å². The number of para-hydroxylation sites is 2. The van der Waals surface area contributed by atoms with Gasteiger partial charge in [0.05, 0.1) is 16.3 Å². The summed E-state index contributed by atoms with van der Waals surface area (Å²) in [6.45, 7) is 5.85. The van der Waals surface area contributed by atoms with Crippen LogP contribution in [-0.2, 0) is 4.79 Å². The van der Waals surface area contributed by atoms with Gasteiger partial charge in [-0.15, -0.1) is 0 Å². The van der Waals surface area contributed by atoms with Gasteiger partial charge in [-0.2, -0.15) is 0 Å². The molecule has 2 heterocycles. The molecule has 134 valence electrons. The molecule has 2 aromatic carbocycles. The number of fused-ring (bicyclic) bond motifs is 1. The molecule has 0 bridgehead atoms. The van der Waals surface area contributed by atoms with Crippen LogP contribution in [0.3, 0.4) is 0 Å². The Kier molecular flexibility index (Phi) is 4.72. The predicted molar refractivity (Wildman–Crippen MR) is 107 cm³/mol. The van der Waals surface area contributed by atoms with E-state index in [0.717, 1.165) is 47.8 Å². The van der Waals surface area contributed by atoms with Gasteiger partial charge >= 0.3 is 0 Å². The number of aryl methyl sites for hydroxylation is 1. The number of likely N-dealkylation sites (tertiary alicyclic amines) is 1. The van der Waals surface area contributed by atoms with Crippen molar-refractivity contribution < 1.29 is 4.79 Å². The SMILES string of the molecule is Cc1ccc(-n2c(S[C@@H](C)C(=O)N3CCCC3)nc3ccccc32)cc1. The van der Waals surface area contributed by atoms with E-state index in [1.807, 2.05) is 30.0 Å². The Hall–Kier alpha value is -2.27. The van der Waals surface area contributed by atoms with Crippen molar-refractivity contribution in [1.29, 1.82) is 0 Å². The van der Waals surface area contributed by atoms with Gasteiger partial charge in [0.15, 0.2) is 5.16 Å². The number of amides is 1. The third kappa shape index (κ3) is 3.23. The minimum Gasteiger partial charge on any atom is -0.342 e. The van der Waals surface area contributed by atoms with Crippen molar-refractivity contribution in [2.45, 2.75) is 37.1 Å². The number of carbonyl (C=O) groups is 1. The summed E-state index contributed by atoms with van der Waals surface area (Å²) < 4.78 is 2.16. The lowest BCUT2D eigenvalue weighted by Gasteiger charge is -2.20. The number of rotatable bonds is 4. The molecule has 4 rings (SSSR count). The number of thioether (sulfide) groups is 1. The second-order valence-electron chi connectivity index (χ2n) is 6.85. The average Bonchev–Trinajstić information content (AvgIpc) is 3.29. The fourth-order valence-electron chi connectivity index (χ4n) is 3.43. The first kappa shape index (κ1) is 17.2. The molecule has 0 aliphatic carbocycles. The minimum atomic E-state index is -0.144. The quantitative estimate of drug-likeness (QED) is 0.642. The molecule has 1 aliphatic heterocycles. The lowest BCUT2D eigenvalue weighted by molar-refractivity contribution is -0.129. The molecule has 3 aromatic rings. The molecular formula is C21H23N3OS. The van der Waals surface area contributed by atoms with Crippen LogP contribution in [0.15, 0.2) is 53.7 Å². The van der Waals surface area contributed by atoms with Crippen LogP contribution in [0, 0.1) is 6.92 Å². The predicted octanol–water partition coefficient (Wildman–Crippen LogP) is 4.44. The Morgan fingerprint density at radius 3 is 2.50 bits per heavy atom. The highest BCUT2D eigenvalue weighted by Crippen LogP contribution is 2.31. The van der Waals surface area contributed by atoms with Crippen molar-refractivity contribution in [2.24, 2.45) is 0 Å². The number of benzene rings is 2. The van der Waals surface area contributed by atoms with Crippen molar-refractivity contribution >= 4 is 28.7 Å². The standard InChI is InChI=1S/C21H23N3OS/c1-15-9-11-17(12-10-15)24-19-8-4-3-7-18(19)22-21(24)26-16(2)20(25)23-13-5-6-14-23/h3-4,7-12,16H,5-6,13-14H2,1-2H3/t16-/m0/s1. The molecule has 1 aliphatic rings. The third-order valence-corrected chi connectivity index (χ3v) is 5.91. The molecule has 4 nitrogen and oxygen atoms in total. The summed E-state index contributed by atoms with van der Waals surface area (Å²) in [7, 11) is 0. The van der Waals surface area contributed by atoms with E-state index in [-0.39, 0.29) is 11.2 Å². The molecule has 0 saturated carbocycles. The highest BCUT2D eigenvalue weighted by molar-refractivity contribution is 8.00. The number of aromatic nitrogens is 2. The summed E-state index contributed by atoms with van der Waals surface area (Å²) in [5.41, 5.74) is 4.33. The fraction of sp³-hybridized carbons (Fsp3) is 0.333. The van der Waals surface area contributed by atoms with Crippen LogP contribution < -0.4 is 0 Å². The van der Waals surface area contributed by atoms with Crippen LogP contribution in [0.25, 0.3) is 16.7 Å². The normalized spacial score (nSPS) is 15.5. The Morgan fingerprint density at radius 1 is 1.08 bits per heavy atom. The smallest absolute Gasteiger partial charge is 0.235 e. The topological polar surface area (TPSA) is 38.1 Å². The Bertz CT molecular complexity index is 926. The van der Waals surface area contributed by atoms with Crippen LogP contribution in [0.1, 0.15) is 25.3 Å². The fourth-order valence-corrected chi connectivity index (χ4v) is 4.46. The number of hydrogen-bond acceptors (Lipinski definition) is 3. The van der Waals surface area contributed by atoms with Gasteiger partial charge in [0.1, 0.15) is 0 Å². The van der Waals surface area contributed by atoms with E-state index >= 15 is 0 Å². The summed E-state index contributed by atoms with van der Waals surface area (Å²) in [4.78, 5) is 19.5. The van der Waals surface area contributed by atoms with Crippen molar-refractivity contribution in [3.8, 4) is 5.69 Å². The molecule has 0 radical (unpaired) electrons. The van der Waals surface area contributed by atoms with Gasteiger partial charge in [-0.25, -0.2) is 4.98 Å². The molecular weight excluding hydrogens is 342 g/mol. The van der Waals surface area contributed by atoms with Crippen molar-refractivity contribution in [1.82, 2.24) is 14.5 Å². The molecule has 5 heteroatoms.